The van der Waals surface area contributed by atoms with Gasteiger partial charge in [0.2, 0.25) is 0 Å². The molecule has 32 heavy (non-hydrogen) atoms. The number of aromatic nitrogens is 6. The highest BCUT2D eigenvalue weighted by Crippen LogP contribution is 2.34. The largest absolute Gasteiger partial charge is 0.381 e. The first-order chi connectivity index (χ1) is 15.7. The maximum absolute atomic E-state index is 5.07. The monoisotopic (exact) mass is 436 g/mol. The van der Waals surface area contributed by atoms with Gasteiger partial charge in [-0.3, -0.25) is 4.68 Å². The van der Waals surface area contributed by atoms with Crippen LogP contribution < -0.4 is 0 Å². The second kappa shape index (κ2) is 11.5. The zero-order chi connectivity index (χ0) is 22.2. The molecule has 3 fully saturated rings. The molecule has 0 atom stereocenters. The van der Waals surface area contributed by atoms with Gasteiger partial charge in [-0.05, 0) is 64.9 Å². The Balaban J connectivity index is 0.000000142. The topological polar surface area (TPSA) is 78.6 Å². The minimum Gasteiger partial charge on any atom is -0.381 e. The van der Waals surface area contributed by atoms with Gasteiger partial charge in [-0.15, -0.1) is 0 Å². The van der Waals surface area contributed by atoms with Gasteiger partial charge in [-0.1, -0.05) is 19.3 Å². The summed E-state index contributed by atoms with van der Waals surface area (Å²) in [5, 5.41) is 4.09. The fraction of sp³-hybridized carbons (Fsp3) is 0.640. The van der Waals surface area contributed by atoms with E-state index in [-0.39, 0.29) is 0 Å². The highest BCUT2D eigenvalue weighted by molar-refractivity contribution is 5.73. The molecule has 2 aliphatic carbocycles. The standard InChI is InChI=1S/C14H18N4.C6H8N2.C5H10O/c1-9-10(2)18-14-13(17-9)12(15-8-16-14)11-6-4-3-5-7-11;1-4-7-8(5-1)6-2-3-6;1-2-4-6-5-3-1/h8,11H,3-7H2,1-2H3;1,4-6H,2-3H2;1-5H2. The molecule has 0 unspecified atom stereocenters. The SMILES string of the molecule is C1CCOCC1.Cc1nc2ncnc(C3CCCCC3)c2nc1C.c1cnn(C2CC2)c1. The fourth-order valence-corrected chi connectivity index (χ4v) is 4.26. The molecule has 0 spiro atoms. The number of rotatable bonds is 2. The van der Waals surface area contributed by atoms with Gasteiger partial charge in [0.1, 0.15) is 11.8 Å². The van der Waals surface area contributed by atoms with Crippen molar-refractivity contribution in [2.75, 3.05) is 13.2 Å². The van der Waals surface area contributed by atoms with E-state index in [1.807, 2.05) is 37.0 Å². The van der Waals surface area contributed by atoms with Gasteiger partial charge in [0.05, 0.1) is 23.1 Å². The molecular formula is C25H36N6O. The third-order valence-corrected chi connectivity index (χ3v) is 6.42. The van der Waals surface area contributed by atoms with Crippen molar-refractivity contribution in [1.29, 1.82) is 0 Å². The van der Waals surface area contributed by atoms with E-state index in [1.165, 1.54) is 64.2 Å². The van der Waals surface area contributed by atoms with Crippen LogP contribution >= 0.6 is 0 Å². The van der Waals surface area contributed by atoms with Crippen LogP contribution in [0.5, 0.6) is 0 Å². The Bertz CT molecular complexity index is 948. The Kier molecular flexibility index (Phi) is 8.15. The molecule has 0 aromatic carbocycles. The van der Waals surface area contributed by atoms with E-state index >= 15 is 0 Å². The first-order valence-electron chi connectivity index (χ1n) is 12.2. The molecule has 3 aromatic rings. The molecule has 1 aliphatic heterocycles. The van der Waals surface area contributed by atoms with E-state index in [0.29, 0.717) is 5.92 Å². The second-order valence-electron chi connectivity index (χ2n) is 9.05. The van der Waals surface area contributed by atoms with Crippen molar-refractivity contribution in [2.45, 2.75) is 90.0 Å². The summed E-state index contributed by atoms with van der Waals surface area (Å²) in [7, 11) is 0. The number of nitrogens with zero attached hydrogens (tertiary/aromatic N) is 6. The maximum Gasteiger partial charge on any atom is 0.181 e. The minimum atomic E-state index is 0.542. The Hall–Kier alpha value is -2.41. The highest BCUT2D eigenvalue weighted by atomic mass is 16.5. The maximum atomic E-state index is 5.07. The van der Waals surface area contributed by atoms with Crippen LogP contribution in [-0.2, 0) is 4.74 Å². The third-order valence-electron chi connectivity index (χ3n) is 6.42. The quantitative estimate of drug-likeness (QED) is 0.528. The first kappa shape index (κ1) is 22.8. The van der Waals surface area contributed by atoms with E-state index in [4.69, 9.17) is 4.74 Å². The zero-order valence-corrected chi connectivity index (χ0v) is 19.5. The molecule has 7 heteroatoms. The van der Waals surface area contributed by atoms with Crippen molar-refractivity contribution in [3.8, 4) is 0 Å². The van der Waals surface area contributed by atoms with Crippen LogP contribution in [-0.4, -0.2) is 42.9 Å². The molecule has 172 valence electrons. The lowest BCUT2D eigenvalue weighted by atomic mass is 9.86. The predicted octanol–water partition coefficient (Wildman–Crippen LogP) is 5.49. The van der Waals surface area contributed by atoms with Crippen molar-refractivity contribution < 1.29 is 4.74 Å². The molecule has 1 saturated heterocycles. The van der Waals surface area contributed by atoms with Crippen LogP contribution in [0.3, 0.4) is 0 Å². The highest BCUT2D eigenvalue weighted by Gasteiger charge is 2.23. The van der Waals surface area contributed by atoms with Crippen molar-refractivity contribution in [2.24, 2.45) is 0 Å². The number of fused-ring (bicyclic) bond motifs is 1. The molecule has 0 bridgehead atoms. The van der Waals surface area contributed by atoms with Gasteiger partial charge < -0.3 is 4.74 Å². The van der Waals surface area contributed by atoms with E-state index in [0.717, 1.165) is 47.5 Å². The molecule has 0 amide bonds. The van der Waals surface area contributed by atoms with Gasteiger partial charge in [0, 0.05) is 31.5 Å². The van der Waals surface area contributed by atoms with Crippen LogP contribution in [0.25, 0.3) is 11.2 Å². The number of hydrogen-bond donors (Lipinski definition) is 0. The summed E-state index contributed by atoms with van der Waals surface area (Å²) in [5.74, 6) is 0.542. The molecular weight excluding hydrogens is 400 g/mol. The number of aryl methyl sites for hydroxylation is 2. The average molecular weight is 437 g/mol. The molecule has 3 aliphatic rings. The molecule has 0 radical (unpaired) electrons. The Morgan fingerprint density at radius 3 is 2.16 bits per heavy atom. The summed E-state index contributed by atoms with van der Waals surface area (Å²) in [6, 6.07) is 2.71. The van der Waals surface area contributed by atoms with Gasteiger partial charge in [-0.2, -0.15) is 5.10 Å². The summed E-state index contributed by atoms with van der Waals surface area (Å²) in [6.07, 6.45) is 18.5. The smallest absolute Gasteiger partial charge is 0.181 e. The summed E-state index contributed by atoms with van der Waals surface area (Å²) in [5.41, 5.74) is 4.70. The van der Waals surface area contributed by atoms with Crippen molar-refractivity contribution >= 4 is 11.2 Å². The van der Waals surface area contributed by atoms with Gasteiger partial charge in [-0.25, -0.2) is 19.9 Å². The normalized spacial score (nSPS) is 18.9. The molecule has 7 nitrogen and oxygen atoms in total. The summed E-state index contributed by atoms with van der Waals surface area (Å²) < 4.78 is 7.10. The Labute approximate surface area is 191 Å². The van der Waals surface area contributed by atoms with E-state index < -0.39 is 0 Å². The third kappa shape index (κ3) is 6.31. The van der Waals surface area contributed by atoms with Gasteiger partial charge in [0.15, 0.2) is 5.65 Å². The molecule has 2 saturated carbocycles. The summed E-state index contributed by atoms with van der Waals surface area (Å²) in [4.78, 5) is 17.9. The van der Waals surface area contributed by atoms with E-state index in [9.17, 15) is 0 Å². The average Bonchev–Trinajstić information content (AvgIpc) is 3.56. The van der Waals surface area contributed by atoms with Crippen molar-refractivity contribution in [1.82, 2.24) is 29.7 Å². The number of ether oxygens (including phenoxy) is 1. The van der Waals surface area contributed by atoms with Crippen LogP contribution in [0.4, 0.5) is 0 Å². The van der Waals surface area contributed by atoms with Crippen molar-refractivity contribution in [3.05, 3.63) is 41.9 Å². The van der Waals surface area contributed by atoms with Gasteiger partial charge >= 0.3 is 0 Å². The molecule has 0 N–H and O–H groups in total. The second-order valence-corrected chi connectivity index (χ2v) is 9.05. The van der Waals surface area contributed by atoms with Crippen molar-refractivity contribution in [3.63, 3.8) is 0 Å². The molecule has 3 aromatic heterocycles. The zero-order valence-electron chi connectivity index (χ0n) is 19.5. The lowest BCUT2D eigenvalue weighted by molar-refractivity contribution is 0.0968. The predicted molar refractivity (Wildman–Crippen MR) is 126 cm³/mol. The summed E-state index contributed by atoms with van der Waals surface area (Å²) >= 11 is 0. The van der Waals surface area contributed by atoms with Crippen LogP contribution in [0.1, 0.15) is 93.2 Å². The van der Waals surface area contributed by atoms with Crippen LogP contribution in [0.15, 0.2) is 24.8 Å². The van der Waals surface area contributed by atoms with Gasteiger partial charge in [0.25, 0.3) is 0 Å². The fourth-order valence-electron chi connectivity index (χ4n) is 4.26. The van der Waals surface area contributed by atoms with E-state index in [1.54, 1.807) is 6.33 Å². The number of hydrogen-bond acceptors (Lipinski definition) is 6. The molecule has 6 rings (SSSR count). The lowest BCUT2D eigenvalue weighted by Gasteiger charge is -2.21. The molecule has 4 heterocycles. The van der Waals surface area contributed by atoms with E-state index in [2.05, 4.69) is 25.0 Å². The summed E-state index contributed by atoms with van der Waals surface area (Å²) in [6.45, 7) is 5.98. The minimum absolute atomic E-state index is 0.542. The Morgan fingerprint density at radius 1 is 0.844 bits per heavy atom. The lowest BCUT2D eigenvalue weighted by Crippen LogP contribution is -2.09. The van der Waals surface area contributed by atoms with Crippen LogP contribution in [0.2, 0.25) is 0 Å². The first-order valence-corrected chi connectivity index (χ1v) is 12.2. The van der Waals surface area contributed by atoms with Crippen LogP contribution in [0, 0.1) is 13.8 Å². The Morgan fingerprint density at radius 2 is 1.56 bits per heavy atom.